The molecule has 0 radical (unpaired) electrons. The molecule has 3 N–H and O–H groups in total. The molecule has 1 aromatic rings. The van der Waals surface area contributed by atoms with Crippen molar-refractivity contribution in [1.82, 2.24) is 4.98 Å². The number of rotatable bonds is 2. The third kappa shape index (κ3) is 2.03. The van der Waals surface area contributed by atoms with Crippen LogP contribution in [-0.4, -0.2) is 16.7 Å². The molecule has 12 heavy (non-hydrogen) atoms. The highest BCUT2D eigenvalue weighted by atomic mass is 19.1. The van der Waals surface area contributed by atoms with Crippen molar-refractivity contribution in [3.8, 4) is 0 Å². The second kappa shape index (κ2) is 3.82. The number of halogens is 1. The number of nitrogens with two attached hydrogens (primary N) is 1. The molecule has 0 aromatic carbocycles. The minimum atomic E-state index is -0.582. The molecule has 1 aromatic heterocycles. The van der Waals surface area contributed by atoms with Crippen molar-refractivity contribution in [2.45, 2.75) is 0 Å². The van der Waals surface area contributed by atoms with Crippen LogP contribution in [0.1, 0.15) is 5.69 Å². The van der Waals surface area contributed by atoms with Gasteiger partial charge in [-0.05, 0) is 18.2 Å². The van der Waals surface area contributed by atoms with Gasteiger partial charge in [0.2, 0.25) is 5.95 Å². The highest BCUT2D eigenvalue weighted by Crippen LogP contribution is 2.10. The molecule has 0 aliphatic rings. The molecule has 0 fully saturated rings. The molecule has 0 spiro atoms. The van der Waals surface area contributed by atoms with Crippen LogP contribution in [0, 0.1) is 5.95 Å². The molecule has 64 valence electrons. The lowest BCUT2D eigenvalue weighted by atomic mass is 10.3. The van der Waals surface area contributed by atoms with E-state index in [1.54, 1.807) is 0 Å². The first-order valence-electron chi connectivity index (χ1n) is 3.43. The Morgan fingerprint density at radius 3 is 3.00 bits per heavy atom. The van der Waals surface area contributed by atoms with Gasteiger partial charge in [-0.3, -0.25) is 0 Å². The van der Waals surface area contributed by atoms with Gasteiger partial charge in [-0.15, -0.1) is 0 Å². The molecule has 0 aliphatic heterocycles. The zero-order valence-electron chi connectivity index (χ0n) is 6.37. The molecule has 0 unspecified atom stereocenters. The molecule has 0 saturated carbocycles. The van der Waals surface area contributed by atoms with Crippen molar-refractivity contribution in [3.63, 3.8) is 0 Å². The first kappa shape index (κ1) is 8.67. The molecular weight excluding hydrogens is 159 g/mol. The lowest BCUT2D eigenvalue weighted by Gasteiger charge is -1.97. The normalized spacial score (nSPS) is 10.8. The SMILES string of the molecule is Nc1ccc(F)nc1C=CCO. The van der Waals surface area contributed by atoms with Crippen LogP contribution in [0.25, 0.3) is 6.08 Å². The van der Waals surface area contributed by atoms with E-state index < -0.39 is 5.95 Å². The number of pyridine rings is 1. The third-order valence-electron chi connectivity index (χ3n) is 1.30. The summed E-state index contributed by atoms with van der Waals surface area (Å²) < 4.78 is 12.5. The summed E-state index contributed by atoms with van der Waals surface area (Å²) in [6.45, 7) is -0.113. The van der Waals surface area contributed by atoms with E-state index in [9.17, 15) is 4.39 Å². The fraction of sp³-hybridized carbons (Fsp3) is 0.125. The van der Waals surface area contributed by atoms with Crippen molar-refractivity contribution < 1.29 is 9.50 Å². The second-order valence-corrected chi connectivity index (χ2v) is 2.19. The number of anilines is 1. The van der Waals surface area contributed by atoms with Gasteiger partial charge in [-0.2, -0.15) is 4.39 Å². The zero-order chi connectivity index (χ0) is 8.97. The van der Waals surface area contributed by atoms with E-state index >= 15 is 0 Å². The van der Waals surface area contributed by atoms with Crippen LogP contribution in [0.5, 0.6) is 0 Å². The van der Waals surface area contributed by atoms with Crippen LogP contribution in [-0.2, 0) is 0 Å². The first-order chi connectivity index (χ1) is 5.74. The monoisotopic (exact) mass is 168 g/mol. The van der Waals surface area contributed by atoms with E-state index in [0.29, 0.717) is 11.4 Å². The maximum atomic E-state index is 12.5. The largest absolute Gasteiger partial charge is 0.397 e. The first-order valence-corrected chi connectivity index (χ1v) is 3.43. The van der Waals surface area contributed by atoms with Crippen LogP contribution in [0.15, 0.2) is 18.2 Å². The molecule has 0 aliphatic carbocycles. The van der Waals surface area contributed by atoms with Crippen molar-refractivity contribution in [3.05, 3.63) is 29.9 Å². The summed E-state index contributed by atoms with van der Waals surface area (Å²) in [5, 5.41) is 8.44. The van der Waals surface area contributed by atoms with Gasteiger partial charge in [-0.1, -0.05) is 6.08 Å². The Morgan fingerprint density at radius 1 is 1.58 bits per heavy atom. The van der Waals surface area contributed by atoms with Crippen LogP contribution in [0.3, 0.4) is 0 Å². The number of aliphatic hydroxyl groups excluding tert-OH is 1. The fourth-order valence-corrected chi connectivity index (χ4v) is 0.759. The number of nitrogens with zero attached hydrogens (tertiary/aromatic N) is 1. The van der Waals surface area contributed by atoms with E-state index in [2.05, 4.69) is 4.98 Å². The van der Waals surface area contributed by atoms with E-state index in [1.165, 1.54) is 24.3 Å². The van der Waals surface area contributed by atoms with E-state index in [1.807, 2.05) is 0 Å². The van der Waals surface area contributed by atoms with E-state index in [-0.39, 0.29) is 6.61 Å². The van der Waals surface area contributed by atoms with Gasteiger partial charge >= 0.3 is 0 Å². The van der Waals surface area contributed by atoms with Crippen LogP contribution in [0.4, 0.5) is 10.1 Å². The average Bonchev–Trinajstić information content (AvgIpc) is 2.07. The molecule has 1 heterocycles. The van der Waals surface area contributed by atoms with Crippen LogP contribution in [0.2, 0.25) is 0 Å². The number of hydrogen-bond donors (Lipinski definition) is 2. The van der Waals surface area contributed by atoms with Crippen molar-refractivity contribution in [2.75, 3.05) is 12.3 Å². The van der Waals surface area contributed by atoms with Gasteiger partial charge < -0.3 is 10.8 Å². The molecule has 0 atom stereocenters. The van der Waals surface area contributed by atoms with Gasteiger partial charge in [-0.25, -0.2) is 4.98 Å². The highest BCUT2D eigenvalue weighted by molar-refractivity contribution is 5.60. The lowest BCUT2D eigenvalue weighted by molar-refractivity contribution is 0.343. The molecule has 3 nitrogen and oxygen atoms in total. The molecule has 1 rings (SSSR count). The predicted octanol–water partition coefficient (Wildman–Crippen LogP) is 0.808. The number of nitrogen functional groups attached to an aromatic ring is 1. The second-order valence-electron chi connectivity index (χ2n) is 2.19. The van der Waals surface area contributed by atoms with E-state index in [4.69, 9.17) is 10.8 Å². The van der Waals surface area contributed by atoms with Gasteiger partial charge in [0.05, 0.1) is 18.0 Å². The molecule has 0 saturated heterocycles. The Kier molecular flexibility index (Phi) is 2.76. The Balaban J connectivity index is 2.97. The molecular formula is C8H9FN2O. The zero-order valence-corrected chi connectivity index (χ0v) is 6.37. The summed E-state index contributed by atoms with van der Waals surface area (Å²) in [4.78, 5) is 3.52. The smallest absolute Gasteiger partial charge is 0.213 e. The maximum Gasteiger partial charge on any atom is 0.213 e. The average molecular weight is 168 g/mol. The molecule has 4 heteroatoms. The van der Waals surface area contributed by atoms with Crippen LogP contribution < -0.4 is 5.73 Å². The fourth-order valence-electron chi connectivity index (χ4n) is 0.759. The summed E-state index contributed by atoms with van der Waals surface area (Å²) in [5.41, 5.74) is 6.20. The highest BCUT2D eigenvalue weighted by Gasteiger charge is 1.97. The Morgan fingerprint density at radius 2 is 2.33 bits per heavy atom. The van der Waals surface area contributed by atoms with Gasteiger partial charge in [0.1, 0.15) is 0 Å². The number of aliphatic hydroxyl groups is 1. The summed E-state index contributed by atoms with van der Waals surface area (Å²) in [5.74, 6) is -0.582. The number of aromatic nitrogens is 1. The van der Waals surface area contributed by atoms with Gasteiger partial charge in [0, 0.05) is 0 Å². The van der Waals surface area contributed by atoms with Gasteiger partial charge in [0.25, 0.3) is 0 Å². The standard InChI is InChI=1S/C8H9FN2O/c9-8-4-3-6(10)7(11-8)2-1-5-12/h1-4,12H,5,10H2. The van der Waals surface area contributed by atoms with Crippen molar-refractivity contribution in [1.29, 1.82) is 0 Å². The third-order valence-corrected chi connectivity index (χ3v) is 1.30. The summed E-state index contributed by atoms with van der Waals surface area (Å²) in [6.07, 6.45) is 2.91. The predicted molar refractivity (Wildman–Crippen MR) is 44.7 cm³/mol. The lowest BCUT2D eigenvalue weighted by Crippen LogP contribution is -1.94. The maximum absolute atomic E-state index is 12.5. The van der Waals surface area contributed by atoms with Crippen molar-refractivity contribution >= 4 is 11.8 Å². The Bertz CT molecular complexity index is 299. The summed E-state index contributed by atoms with van der Waals surface area (Å²) in [6, 6.07) is 2.62. The number of hydrogen-bond acceptors (Lipinski definition) is 3. The molecule has 0 bridgehead atoms. The van der Waals surface area contributed by atoms with Crippen LogP contribution >= 0.6 is 0 Å². The minimum absolute atomic E-state index is 0.113. The quantitative estimate of drug-likeness (QED) is 0.642. The minimum Gasteiger partial charge on any atom is -0.397 e. The van der Waals surface area contributed by atoms with E-state index in [0.717, 1.165) is 0 Å². The summed E-state index contributed by atoms with van der Waals surface area (Å²) >= 11 is 0. The van der Waals surface area contributed by atoms with Gasteiger partial charge in [0.15, 0.2) is 0 Å². The topological polar surface area (TPSA) is 59.1 Å². The Hall–Kier alpha value is -1.42. The van der Waals surface area contributed by atoms with Crippen molar-refractivity contribution in [2.24, 2.45) is 0 Å². The Labute approximate surface area is 69.4 Å². The molecule has 0 amide bonds. The summed E-state index contributed by atoms with van der Waals surface area (Å²) in [7, 11) is 0.